The predicted molar refractivity (Wildman–Crippen MR) is 166 cm³/mol. The van der Waals surface area contributed by atoms with E-state index in [4.69, 9.17) is 18.9 Å². The summed E-state index contributed by atoms with van der Waals surface area (Å²) in [5.41, 5.74) is 3.17. The molecular weight excluding hydrogens is 538 g/mol. The molecule has 236 valence electrons. The van der Waals surface area contributed by atoms with Crippen LogP contribution >= 0.6 is 0 Å². The zero-order chi connectivity index (χ0) is 30.1. The molecule has 0 unspecified atom stereocenters. The first kappa shape index (κ1) is 29.6. The first-order chi connectivity index (χ1) is 20.6. The number of hydrogen-bond donors (Lipinski definition) is 0. The van der Waals surface area contributed by atoms with Crippen LogP contribution in [0.5, 0.6) is 5.75 Å². The van der Waals surface area contributed by atoms with E-state index in [1.165, 1.54) is 32.1 Å². The zero-order valence-corrected chi connectivity index (χ0v) is 27.3. The number of allylic oxidation sites excluding steroid dienone is 1. The maximum Gasteiger partial charge on any atom is 0.410 e. The van der Waals surface area contributed by atoms with Crippen molar-refractivity contribution in [1.82, 2.24) is 4.90 Å². The summed E-state index contributed by atoms with van der Waals surface area (Å²) < 4.78 is 24.8. The van der Waals surface area contributed by atoms with Gasteiger partial charge in [-0.25, -0.2) is 4.79 Å². The molecule has 1 amide bonds. The van der Waals surface area contributed by atoms with Gasteiger partial charge in [-0.05, 0) is 103 Å². The van der Waals surface area contributed by atoms with Crippen LogP contribution in [-0.2, 0) is 20.8 Å². The molecule has 1 aromatic rings. The summed E-state index contributed by atoms with van der Waals surface area (Å²) in [6, 6.07) is 7.86. The summed E-state index contributed by atoms with van der Waals surface area (Å²) in [6.07, 6.45) is 12.8. The molecule has 4 aliphatic carbocycles. The topological polar surface area (TPSA) is 57.2 Å². The van der Waals surface area contributed by atoms with E-state index in [2.05, 4.69) is 33.8 Å². The summed E-state index contributed by atoms with van der Waals surface area (Å²) in [5, 5.41) is 0. The number of methoxy groups -OCH3 is 1. The number of hydrogen-bond acceptors (Lipinski definition) is 5. The van der Waals surface area contributed by atoms with Crippen LogP contribution in [0.3, 0.4) is 0 Å². The van der Waals surface area contributed by atoms with Gasteiger partial charge in [0.2, 0.25) is 0 Å². The monoisotopic (exact) mass is 591 g/mol. The van der Waals surface area contributed by atoms with E-state index in [0.29, 0.717) is 35.8 Å². The molecule has 0 N–H and O–H groups in total. The minimum absolute atomic E-state index is 0.0370. The van der Waals surface area contributed by atoms with Crippen LogP contribution in [0.25, 0.3) is 0 Å². The van der Waals surface area contributed by atoms with Gasteiger partial charge in [0, 0.05) is 32.4 Å². The van der Waals surface area contributed by atoms with Gasteiger partial charge in [0.25, 0.3) is 0 Å². The Morgan fingerprint density at radius 2 is 1.84 bits per heavy atom. The SMILES string of the molecule is COc1ccc(CN(C)C(=O)O[C@H]2CC[C@@]3(C)C(=CC[C@H]4[C@@H]5C[C@@H]6O[C@]7(CC[C@@H](C)CO7)[C@@H](C)[C@@H]6[C@@]5(C)CC[C@@H]43)C2)cc1. The van der Waals surface area contributed by atoms with Crippen molar-refractivity contribution in [3.63, 3.8) is 0 Å². The first-order valence-electron chi connectivity index (χ1n) is 17.1. The second kappa shape index (κ2) is 10.8. The molecular formula is C37H53NO5. The van der Waals surface area contributed by atoms with E-state index < -0.39 is 0 Å². The van der Waals surface area contributed by atoms with Gasteiger partial charge in [-0.3, -0.25) is 0 Å². The highest BCUT2D eigenvalue weighted by Gasteiger charge is 2.68. The van der Waals surface area contributed by atoms with E-state index in [0.717, 1.165) is 61.4 Å². The molecule has 6 nitrogen and oxygen atoms in total. The molecule has 0 aromatic heterocycles. The number of fused-ring (bicyclic) bond motifs is 7. The Hall–Kier alpha value is -2.05. The Labute approximate surface area is 258 Å². The van der Waals surface area contributed by atoms with Gasteiger partial charge in [0.05, 0.1) is 19.8 Å². The van der Waals surface area contributed by atoms with Crippen molar-refractivity contribution in [1.29, 1.82) is 0 Å². The summed E-state index contributed by atoms with van der Waals surface area (Å²) in [6.45, 7) is 11.3. The lowest BCUT2D eigenvalue weighted by Gasteiger charge is -2.58. The average Bonchev–Trinajstić information content (AvgIpc) is 3.44. The molecule has 0 bridgehead atoms. The Bertz CT molecular complexity index is 1240. The molecule has 2 heterocycles. The molecule has 11 atom stereocenters. The van der Waals surface area contributed by atoms with Crippen molar-refractivity contribution in [3.8, 4) is 5.75 Å². The summed E-state index contributed by atoms with van der Waals surface area (Å²) >= 11 is 0. The van der Waals surface area contributed by atoms with Gasteiger partial charge in [-0.1, -0.05) is 51.5 Å². The molecule has 0 radical (unpaired) electrons. The van der Waals surface area contributed by atoms with E-state index in [9.17, 15) is 4.79 Å². The normalized spacial score (nSPS) is 44.9. The van der Waals surface area contributed by atoms with Crippen molar-refractivity contribution in [2.45, 2.75) is 110 Å². The number of amides is 1. The molecule has 5 fully saturated rings. The molecule has 6 aliphatic rings. The summed E-state index contributed by atoms with van der Waals surface area (Å²) in [5.74, 6) is 4.37. The fourth-order valence-corrected chi connectivity index (χ4v) is 11.0. The van der Waals surface area contributed by atoms with Crippen molar-refractivity contribution in [2.24, 2.45) is 46.3 Å². The van der Waals surface area contributed by atoms with Gasteiger partial charge in [0.15, 0.2) is 5.79 Å². The third-order valence-electron chi connectivity index (χ3n) is 13.5. The Morgan fingerprint density at radius 3 is 2.56 bits per heavy atom. The second-order valence-corrected chi connectivity index (χ2v) is 15.7. The smallest absolute Gasteiger partial charge is 0.410 e. The number of benzene rings is 1. The number of carbonyl (C=O) groups is 1. The minimum Gasteiger partial charge on any atom is -0.497 e. The van der Waals surface area contributed by atoms with Crippen LogP contribution in [0.1, 0.15) is 91.0 Å². The zero-order valence-electron chi connectivity index (χ0n) is 27.3. The molecule has 43 heavy (non-hydrogen) atoms. The maximum atomic E-state index is 13.1. The summed E-state index contributed by atoms with van der Waals surface area (Å²) in [4.78, 5) is 14.7. The number of carbonyl (C=O) groups excluding carboxylic acids is 1. The van der Waals surface area contributed by atoms with Crippen LogP contribution in [-0.4, -0.2) is 49.8 Å². The van der Waals surface area contributed by atoms with Crippen molar-refractivity contribution in [3.05, 3.63) is 41.5 Å². The molecule has 7 rings (SSSR count). The average molecular weight is 592 g/mol. The van der Waals surface area contributed by atoms with E-state index in [-0.39, 0.29) is 23.4 Å². The Kier molecular flexibility index (Phi) is 7.44. The van der Waals surface area contributed by atoms with Crippen molar-refractivity contribution in [2.75, 3.05) is 20.8 Å². The van der Waals surface area contributed by atoms with Crippen LogP contribution in [0.15, 0.2) is 35.9 Å². The van der Waals surface area contributed by atoms with Crippen molar-refractivity contribution < 1.29 is 23.7 Å². The van der Waals surface area contributed by atoms with Gasteiger partial charge in [0.1, 0.15) is 11.9 Å². The quantitative estimate of drug-likeness (QED) is 0.332. The maximum absolute atomic E-state index is 13.1. The van der Waals surface area contributed by atoms with E-state index in [1.54, 1.807) is 17.6 Å². The van der Waals surface area contributed by atoms with Crippen LogP contribution in [0.2, 0.25) is 0 Å². The van der Waals surface area contributed by atoms with Crippen LogP contribution in [0, 0.1) is 46.3 Å². The van der Waals surface area contributed by atoms with Crippen LogP contribution < -0.4 is 4.74 Å². The minimum atomic E-state index is -0.336. The van der Waals surface area contributed by atoms with Gasteiger partial charge in [-0.2, -0.15) is 0 Å². The number of ether oxygens (including phenoxy) is 4. The molecule has 6 heteroatoms. The highest BCUT2D eigenvalue weighted by Crippen LogP contribution is 2.70. The van der Waals surface area contributed by atoms with E-state index in [1.807, 2.05) is 31.3 Å². The summed E-state index contributed by atoms with van der Waals surface area (Å²) in [7, 11) is 3.49. The highest BCUT2D eigenvalue weighted by molar-refractivity contribution is 5.67. The number of rotatable bonds is 4. The highest BCUT2D eigenvalue weighted by atomic mass is 16.7. The molecule has 2 saturated heterocycles. The van der Waals surface area contributed by atoms with Gasteiger partial charge < -0.3 is 23.8 Å². The lowest BCUT2D eigenvalue weighted by Crippen LogP contribution is -2.52. The first-order valence-corrected chi connectivity index (χ1v) is 17.1. The second-order valence-electron chi connectivity index (χ2n) is 15.7. The third-order valence-corrected chi connectivity index (χ3v) is 13.5. The molecule has 2 aliphatic heterocycles. The fourth-order valence-electron chi connectivity index (χ4n) is 11.0. The lowest BCUT2D eigenvalue weighted by atomic mass is 9.47. The van der Waals surface area contributed by atoms with Gasteiger partial charge in [-0.15, -0.1) is 0 Å². The Morgan fingerprint density at radius 1 is 1.05 bits per heavy atom. The Balaban J connectivity index is 1.01. The van der Waals surface area contributed by atoms with Gasteiger partial charge >= 0.3 is 6.09 Å². The van der Waals surface area contributed by atoms with Crippen LogP contribution in [0.4, 0.5) is 4.79 Å². The molecule has 1 spiro atoms. The molecule has 1 aromatic carbocycles. The standard InChI is InChI=1S/C37H53NO5/c1-23-13-18-37(41-22-23)24(2)33-32(43-37)20-31-29-12-9-26-19-28(14-16-35(26,3)30(29)15-17-36(31,33)4)42-34(39)38(5)21-25-7-10-27(40-6)11-8-25/h7-11,23-24,28-33H,12-22H2,1-6H3/t23-,24+,28+,29-,30+,31+,32+,33+,35+,36+,37-/m1/s1. The fraction of sp³-hybridized carbons (Fsp3) is 0.757. The predicted octanol–water partition coefficient (Wildman–Crippen LogP) is 8.00. The van der Waals surface area contributed by atoms with E-state index >= 15 is 0 Å². The molecule has 3 saturated carbocycles. The number of nitrogens with zero attached hydrogens (tertiary/aromatic N) is 1. The van der Waals surface area contributed by atoms with Crippen molar-refractivity contribution >= 4 is 6.09 Å². The largest absolute Gasteiger partial charge is 0.497 e. The lowest BCUT2D eigenvalue weighted by molar-refractivity contribution is -0.272. The third kappa shape index (κ3) is 4.76.